The second-order valence-electron chi connectivity index (χ2n) is 8.80. The van der Waals surface area contributed by atoms with Crippen molar-refractivity contribution in [1.29, 1.82) is 0 Å². The number of halogens is 2. The first kappa shape index (κ1) is 21.7. The minimum Gasteiger partial charge on any atom is -0.490 e. The van der Waals surface area contributed by atoms with Crippen LogP contribution in [0.5, 0.6) is 5.75 Å². The maximum Gasteiger partial charge on any atom is 0.253 e. The molecule has 2 aromatic rings. The van der Waals surface area contributed by atoms with E-state index in [1.165, 1.54) is 26.0 Å². The number of piperidine rings is 1. The van der Waals surface area contributed by atoms with Gasteiger partial charge in [0, 0.05) is 18.5 Å². The van der Waals surface area contributed by atoms with Crippen LogP contribution in [-0.2, 0) is 15.1 Å². The van der Waals surface area contributed by atoms with Crippen LogP contribution in [0.2, 0.25) is 0 Å². The Balaban J connectivity index is 1.47. The van der Waals surface area contributed by atoms with E-state index in [1.54, 1.807) is 35.2 Å². The minimum absolute atomic E-state index is 0.0578. The molecule has 0 unspecified atom stereocenters. The second kappa shape index (κ2) is 8.20. The van der Waals surface area contributed by atoms with Crippen molar-refractivity contribution < 1.29 is 27.8 Å². The standard InChI is InChI=1S/C24H27F2NO4/c1-16-12-17(4-9-20(16)29-14-23(2,3)26)22(28)27-11-10-24(21(13-27)30-15-31-24)18-5-7-19(25)8-6-18/h4-9,12,21H,10-11,13-15H2,1-3H3/t21-,24-/m1/s1. The highest BCUT2D eigenvalue weighted by atomic mass is 19.1. The molecule has 0 spiro atoms. The van der Waals surface area contributed by atoms with Crippen molar-refractivity contribution in [2.24, 2.45) is 0 Å². The molecule has 4 rings (SSSR count). The minimum atomic E-state index is -1.44. The summed E-state index contributed by atoms with van der Waals surface area (Å²) < 4.78 is 44.4. The maximum absolute atomic E-state index is 13.7. The highest BCUT2D eigenvalue weighted by Crippen LogP contribution is 2.42. The van der Waals surface area contributed by atoms with Gasteiger partial charge in [-0.05, 0) is 62.2 Å². The van der Waals surface area contributed by atoms with Crippen molar-refractivity contribution in [2.75, 3.05) is 26.5 Å². The first-order valence-electron chi connectivity index (χ1n) is 10.4. The van der Waals surface area contributed by atoms with Crippen LogP contribution in [0.15, 0.2) is 42.5 Å². The summed E-state index contributed by atoms with van der Waals surface area (Å²) in [6.07, 6.45) is 0.229. The Hall–Kier alpha value is -2.51. The Morgan fingerprint density at radius 1 is 1.26 bits per heavy atom. The molecule has 0 saturated carbocycles. The summed E-state index contributed by atoms with van der Waals surface area (Å²) in [6.45, 7) is 5.70. The monoisotopic (exact) mass is 431 g/mol. The zero-order valence-corrected chi connectivity index (χ0v) is 18.0. The number of alkyl halides is 1. The number of nitrogens with zero attached hydrogens (tertiary/aromatic N) is 1. The van der Waals surface area contributed by atoms with E-state index >= 15 is 0 Å². The number of amides is 1. The fraction of sp³-hybridized carbons (Fsp3) is 0.458. The number of benzene rings is 2. The van der Waals surface area contributed by atoms with Gasteiger partial charge in [0.05, 0.1) is 6.54 Å². The predicted molar refractivity (Wildman–Crippen MR) is 111 cm³/mol. The molecule has 7 heteroatoms. The van der Waals surface area contributed by atoms with Gasteiger partial charge in [0.2, 0.25) is 0 Å². The Bertz CT molecular complexity index is 957. The lowest BCUT2D eigenvalue weighted by molar-refractivity contribution is -0.0439. The highest BCUT2D eigenvalue weighted by molar-refractivity contribution is 5.94. The lowest BCUT2D eigenvalue weighted by Gasteiger charge is -2.42. The van der Waals surface area contributed by atoms with Crippen LogP contribution in [0.25, 0.3) is 0 Å². The molecule has 5 nitrogen and oxygen atoms in total. The van der Waals surface area contributed by atoms with E-state index in [4.69, 9.17) is 14.2 Å². The van der Waals surface area contributed by atoms with Crippen molar-refractivity contribution in [1.82, 2.24) is 4.90 Å². The van der Waals surface area contributed by atoms with Crippen LogP contribution in [0.4, 0.5) is 8.78 Å². The summed E-state index contributed by atoms with van der Waals surface area (Å²) in [5.74, 6) is 0.147. The van der Waals surface area contributed by atoms with E-state index in [2.05, 4.69) is 0 Å². The van der Waals surface area contributed by atoms with Crippen LogP contribution in [0.3, 0.4) is 0 Å². The summed E-state index contributed by atoms with van der Waals surface area (Å²) in [7, 11) is 0. The Morgan fingerprint density at radius 2 is 2.00 bits per heavy atom. The maximum atomic E-state index is 13.7. The number of rotatable bonds is 5. The van der Waals surface area contributed by atoms with E-state index < -0.39 is 11.3 Å². The van der Waals surface area contributed by atoms with Crippen molar-refractivity contribution >= 4 is 5.91 Å². The van der Waals surface area contributed by atoms with Crippen molar-refractivity contribution in [2.45, 2.75) is 44.6 Å². The third-order valence-corrected chi connectivity index (χ3v) is 5.86. The van der Waals surface area contributed by atoms with Gasteiger partial charge in [-0.25, -0.2) is 8.78 Å². The number of carbonyl (C=O) groups excluding carboxylic acids is 1. The molecule has 31 heavy (non-hydrogen) atoms. The van der Waals surface area contributed by atoms with Crippen LogP contribution >= 0.6 is 0 Å². The van der Waals surface area contributed by atoms with E-state index in [0.29, 0.717) is 30.8 Å². The Labute approximate surface area is 180 Å². The molecule has 0 N–H and O–H groups in total. The molecule has 2 heterocycles. The number of likely N-dealkylation sites (tertiary alicyclic amines) is 1. The predicted octanol–water partition coefficient (Wildman–Crippen LogP) is 4.38. The summed E-state index contributed by atoms with van der Waals surface area (Å²) in [6, 6.07) is 11.4. The molecule has 2 aromatic carbocycles. The smallest absolute Gasteiger partial charge is 0.253 e. The Morgan fingerprint density at radius 3 is 2.68 bits per heavy atom. The van der Waals surface area contributed by atoms with Gasteiger partial charge in [-0.15, -0.1) is 0 Å². The number of aryl methyl sites for hydroxylation is 1. The number of ether oxygens (including phenoxy) is 3. The molecule has 2 aliphatic heterocycles. The Kier molecular flexibility index (Phi) is 5.75. The van der Waals surface area contributed by atoms with Crippen LogP contribution < -0.4 is 4.74 Å². The molecule has 166 valence electrons. The fourth-order valence-corrected chi connectivity index (χ4v) is 4.18. The SMILES string of the molecule is Cc1cc(C(=O)N2CC[C@]3(c4ccc(F)cc4)OCO[C@@H]3C2)ccc1OCC(C)(C)F. The molecule has 0 radical (unpaired) electrons. The summed E-state index contributed by atoms with van der Waals surface area (Å²) >= 11 is 0. The molecule has 2 saturated heterocycles. The van der Waals surface area contributed by atoms with Crippen molar-refractivity contribution in [3.05, 3.63) is 65.0 Å². The normalized spacial score (nSPS) is 23.5. The lowest BCUT2D eigenvalue weighted by atomic mass is 9.82. The summed E-state index contributed by atoms with van der Waals surface area (Å²) in [4.78, 5) is 14.9. The molecular formula is C24H27F2NO4. The average Bonchev–Trinajstić information content (AvgIpc) is 3.16. The summed E-state index contributed by atoms with van der Waals surface area (Å²) in [5.41, 5.74) is 0.0641. The van der Waals surface area contributed by atoms with Gasteiger partial charge in [-0.1, -0.05) is 12.1 Å². The largest absolute Gasteiger partial charge is 0.490 e. The quantitative estimate of drug-likeness (QED) is 0.705. The van der Waals surface area contributed by atoms with Crippen LogP contribution in [0.1, 0.15) is 41.8 Å². The average molecular weight is 431 g/mol. The molecular weight excluding hydrogens is 404 g/mol. The molecule has 2 aliphatic rings. The van der Waals surface area contributed by atoms with E-state index in [9.17, 15) is 13.6 Å². The molecule has 0 bridgehead atoms. The van der Waals surface area contributed by atoms with Gasteiger partial charge in [-0.3, -0.25) is 4.79 Å². The molecule has 0 aliphatic carbocycles. The number of hydrogen-bond donors (Lipinski definition) is 0. The first-order valence-corrected chi connectivity index (χ1v) is 10.4. The zero-order chi connectivity index (χ0) is 22.2. The highest BCUT2D eigenvalue weighted by Gasteiger charge is 2.51. The van der Waals surface area contributed by atoms with Gasteiger partial charge >= 0.3 is 0 Å². The van der Waals surface area contributed by atoms with Gasteiger partial charge < -0.3 is 19.1 Å². The van der Waals surface area contributed by atoms with E-state index in [0.717, 1.165) is 11.1 Å². The third kappa shape index (κ3) is 4.43. The molecule has 1 amide bonds. The van der Waals surface area contributed by atoms with Crippen LogP contribution in [-0.4, -0.2) is 49.1 Å². The fourth-order valence-electron chi connectivity index (χ4n) is 4.18. The van der Waals surface area contributed by atoms with Gasteiger partial charge in [0.1, 0.15) is 42.3 Å². The first-order chi connectivity index (χ1) is 14.7. The third-order valence-electron chi connectivity index (χ3n) is 5.86. The zero-order valence-electron chi connectivity index (χ0n) is 18.0. The molecule has 0 aromatic heterocycles. The van der Waals surface area contributed by atoms with Crippen molar-refractivity contribution in [3.8, 4) is 5.75 Å². The lowest BCUT2D eigenvalue weighted by Crippen LogP contribution is -2.53. The van der Waals surface area contributed by atoms with Crippen molar-refractivity contribution in [3.63, 3.8) is 0 Å². The molecule has 2 atom stereocenters. The second-order valence-corrected chi connectivity index (χ2v) is 8.80. The van der Waals surface area contributed by atoms with Gasteiger partial charge in [-0.2, -0.15) is 0 Å². The topological polar surface area (TPSA) is 48.0 Å². The summed E-state index contributed by atoms with van der Waals surface area (Å²) in [5, 5.41) is 0. The molecule has 2 fully saturated rings. The number of carbonyl (C=O) groups is 1. The van der Waals surface area contributed by atoms with Gasteiger partial charge in [0.25, 0.3) is 5.91 Å². The number of fused-ring (bicyclic) bond motifs is 1. The van der Waals surface area contributed by atoms with E-state index in [-0.39, 0.29) is 31.2 Å². The number of hydrogen-bond acceptors (Lipinski definition) is 4. The van der Waals surface area contributed by atoms with Crippen LogP contribution in [0, 0.1) is 12.7 Å². The van der Waals surface area contributed by atoms with E-state index in [1.807, 2.05) is 6.92 Å². The van der Waals surface area contributed by atoms with Gasteiger partial charge in [0.15, 0.2) is 0 Å².